The molecule has 0 bridgehead atoms. The minimum atomic E-state index is -4.70. The number of esters is 1. The third kappa shape index (κ3) is 5.05. The fraction of sp³-hybridized carbons (Fsp3) is 0.300. The Morgan fingerprint density at radius 2 is 1.93 bits per heavy atom. The van der Waals surface area contributed by atoms with Crippen LogP contribution < -0.4 is 10.6 Å². The van der Waals surface area contributed by atoms with Gasteiger partial charge in [0.1, 0.15) is 18.2 Å². The third-order valence-corrected chi connectivity index (χ3v) is 4.92. The summed E-state index contributed by atoms with van der Waals surface area (Å²) in [6.07, 6.45) is -3.45. The van der Waals surface area contributed by atoms with Crippen molar-refractivity contribution in [3.05, 3.63) is 70.3 Å². The van der Waals surface area contributed by atoms with Crippen LogP contribution in [0.25, 0.3) is 0 Å². The van der Waals surface area contributed by atoms with Crippen LogP contribution in [-0.4, -0.2) is 24.2 Å². The van der Waals surface area contributed by atoms with Gasteiger partial charge in [0.25, 0.3) is 0 Å². The molecule has 1 atom stereocenters. The van der Waals surface area contributed by atoms with Gasteiger partial charge in [0.2, 0.25) is 0 Å². The molecule has 0 saturated heterocycles. The Bertz CT molecular complexity index is 965. The highest BCUT2D eigenvalue weighted by Gasteiger charge is 2.32. The number of rotatable bonds is 5. The monoisotopic (exact) mass is 444 g/mol. The molecular formula is C20H17F5N2O2S. The third-order valence-electron chi connectivity index (χ3n) is 4.65. The molecule has 2 aromatic rings. The largest absolute Gasteiger partial charge is 0.460 e. The van der Waals surface area contributed by atoms with Gasteiger partial charge in [-0.2, -0.15) is 13.2 Å². The number of alkyl halides is 3. The molecule has 0 heterocycles. The Morgan fingerprint density at radius 3 is 2.67 bits per heavy atom. The first-order chi connectivity index (χ1) is 14.2. The van der Waals surface area contributed by atoms with Crippen molar-refractivity contribution in [2.24, 2.45) is 0 Å². The molecule has 0 aliphatic heterocycles. The highest BCUT2D eigenvalue weighted by Crippen LogP contribution is 2.32. The second kappa shape index (κ2) is 8.95. The van der Waals surface area contributed by atoms with Crippen LogP contribution in [0.1, 0.15) is 39.5 Å². The maximum absolute atomic E-state index is 13.8. The lowest BCUT2D eigenvalue weighted by atomic mass is 10.1. The summed E-state index contributed by atoms with van der Waals surface area (Å²) in [6.45, 7) is -0.187. The van der Waals surface area contributed by atoms with Crippen LogP contribution in [0, 0.1) is 11.6 Å². The normalized spacial score (nSPS) is 15.4. The molecule has 2 aromatic carbocycles. The number of thiocarbonyl (C=S) groups is 1. The molecule has 1 aliphatic carbocycles. The minimum absolute atomic E-state index is 0.0564. The van der Waals surface area contributed by atoms with E-state index in [0.29, 0.717) is 36.6 Å². The smallest absolute Gasteiger partial charge is 0.416 e. The van der Waals surface area contributed by atoms with E-state index < -0.39 is 29.1 Å². The van der Waals surface area contributed by atoms with E-state index in [-0.39, 0.29) is 30.1 Å². The molecule has 3 rings (SSSR count). The summed E-state index contributed by atoms with van der Waals surface area (Å²) >= 11 is 5.16. The van der Waals surface area contributed by atoms with Gasteiger partial charge in [-0.3, -0.25) is 0 Å². The van der Waals surface area contributed by atoms with Crippen LogP contribution in [0.15, 0.2) is 36.4 Å². The molecule has 0 spiro atoms. The minimum Gasteiger partial charge on any atom is -0.460 e. The van der Waals surface area contributed by atoms with Gasteiger partial charge in [0.05, 0.1) is 23.7 Å². The molecule has 1 unspecified atom stereocenters. The predicted octanol–water partition coefficient (Wildman–Crippen LogP) is 4.29. The summed E-state index contributed by atoms with van der Waals surface area (Å²) in [5, 5.41) is 6.08. The van der Waals surface area contributed by atoms with E-state index in [0.717, 1.165) is 5.56 Å². The van der Waals surface area contributed by atoms with Crippen molar-refractivity contribution in [1.29, 1.82) is 0 Å². The van der Waals surface area contributed by atoms with E-state index in [1.54, 1.807) is 6.07 Å². The average molecular weight is 444 g/mol. The fourth-order valence-electron chi connectivity index (χ4n) is 3.21. The van der Waals surface area contributed by atoms with Crippen LogP contribution in [-0.2, 0) is 17.3 Å². The van der Waals surface area contributed by atoms with Gasteiger partial charge in [-0.15, -0.1) is 0 Å². The number of fused-ring (bicyclic) bond motifs is 1. The van der Waals surface area contributed by atoms with Gasteiger partial charge in [-0.05, 0) is 60.5 Å². The molecule has 4 nitrogen and oxygen atoms in total. The summed E-state index contributed by atoms with van der Waals surface area (Å²) in [5.41, 5.74) is -0.469. The Balaban J connectivity index is 1.47. The van der Waals surface area contributed by atoms with Crippen molar-refractivity contribution < 1.29 is 31.5 Å². The molecule has 10 heteroatoms. The van der Waals surface area contributed by atoms with Crippen molar-refractivity contribution in [1.82, 2.24) is 10.6 Å². The van der Waals surface area contributed by atoms with Crippen LogP contribution in [0.5, 0.6) is 0 Å². The highest BCUT2D eigenvalue weighted by molar-refractivity contribution is 7.80. The van der Waals surface area contributed by atoms with Crippen molar-refractivity contribution in [3.8, 4) is 0 Å². The zero-order valence-electron chi connectivity index (χ0n) is 15.5. The second-order valence-electron chi connectivity index (χ2n) is 6.63. The molecule has 30 heavy (non-hydrogen) atoms. The number of ether oxygens (including phenoxy) is 1. The molecule has 0 amide bonds. The zero-order chi connectivity index (χ0) is 21.9. The van der Waals surface area contributed by atoms with Crippen LogP contribution in [0.2, 0.25) is 0 Å². The summed E-state index contributed by atoms with van der Waals surface area (Å²) in [5.74, 6) is -2.57. The number of benzene rings is 2. The van der Waals surface area contributed by atoms with Gasteiger partial charge >= 0.3 is 12.1 Å². The van der Waals surface area contributed by atoms with E-state index in [1.807, 2.05) is 6.07 Å². The summed E-state index contributed by atoms with van der Waals surface area (Å²) in [6, 6.07) is 6.21. The SMILES string of the molecule is O=C(OCCNC(=S)NC1CCc2c(F)cccc21)c1cc(C(F)(F)F)ccc1F. The molecule has 0 fully saturated rings. The molecule has 0 radical (unpaired) electrons. The van der Waals surface area contributed by atoms with E-state index >= 15 is 0 Å². The maximum Gasteiger partial charge on any atom is 0.416 e. The second-order valence-corrected chi connectivity index (χ2v) is 7.04. The molecular weight excluding hydrogens is 427 g/mol. The Labute approximate surface area is 174 Å². The van der Waals surface area contributed by atoms with Gasteiger partial charge in [-0.25, -0.2) is 13.6 Å². The first-order valence-electron chi connectivity index (χ1n) is 9.02. The van der Waals surface area contributed by atoms with Crippen molar-refractivity contribution in [3.63, 3.8) is 0 Å². The van der Waals surface area contributed by atoms with Crippen LogP contribution in [0.3, 0.4) is 0 Å². The number of hydrogen-bond acceptors (Lipinski definition) is 3. The molecule has 1 aliphatic rings. The van der Waals surface area contributed by atoms with Crippen LogP contribution in [0.4, 0.5) is 22.0 Å². The van der Waals surface area contributed by atoms with Crippen LogP contribution >= 0.6 is 12.2 Å². The van der Waals surface area contributed by atoms with Gasteiger partial charge in [0, 0.05) is 0 Å². The first kappa shape index (κ1) is 21.9. The van der Waals surface area contributed by atoms with E-state index in [1.165, 1.54) is 6.07 Å². The fourth-order valence-corrected chi connectivity index (χ4v) is 3.46. The zero-order valence-corrected chi connectivity index (χ0v) is 16.3. The van der Waals surface area contributed by atoms with Crippen molar-refractivity contribution in [2.75, 3.05) is 13.2 Å². The number of halogens is 5. The Morgan fingerprint density at radius 1 is 1.17 bits per heavy atom. The molecule has 2 N–H and O–H groups in total. The maximum atomic E-state index is 13.8. The van der Waals surface area contributed by atoms with E-state index in [4.69, 9.17) is 17.0 Å². The lowest BCUT2D eigenvalue weighted by molar-refractivity contribution is -0.137. The average Bonchev–Trinajstić information content (AvgIpc) is 3.08. The number of carbonyl (C=O) groups is 1. The Hall–Kier alpha value is -2.75. The lowest BCUT2D eigenvalue weighted by Gasteiger charge is -2.17. The summed E-state index contributed by atoms with van der Waals surface area (Å²) in [7, 11) is 0. The van der Waals surface area contributed by atoms with Crippen molar-refractivity contribution in [2.45, 2.75) is 25.1 Å². The Kier molecular flexibility index (Phi) is 6.55. The van der Waals surface area contributed by atoms with Gasteiger partial charge in [-0.1, -0.05) is 12.1 Å². The van der Waals surface area contributed by atoms with E-state index in [2.05, 4.69) is 10.6 Å². The molecule has 0 saturated carbocycles. The first-order valence-corrected chi connectivity index (χ1v) is 9.43. The summed E-state index contributed by atoms with van der Waals surface area (Å²) < 4.78 is 70.4. The molecule has 160 valence electrons. The number of nitrogens with one attached hydrogen (secondary N) is 2. The topological polar surface area (TPSA) is 50.4 Å². The lowest BCUT2D eigenvalue weighted by Crippen LogP contribution is -2.38. The molecule has 0 aromatic heterocycles. The van der Waals surface area contributed by atoms with Gasteiger partial charge < -0.3 is 15.4 Å². The highest BCUT2D eigenvalue weighted by atomic mass is 32.1. The predicted molar refractivity (Wildman–Crippen MR) is 103 cm³/mol. The van der Waals surface area contributed by atoms with Crippen molar-refractivity contribution >= 4 is 23.3 Å². The summed E-state index contributed by atoms with van der Waals surface area (Å²) in [4.78, 5) is 11.9. The quantitative estimate of drug-likeness (QED) is 0.312. The standard InChI is InChI=1S/C20H17F5N2O2S/c21-15-3-1-2-13-12(15)5-7-17(13)27-19(30)26-8-9-29-18(28)14-10-11(20(23,24)25)4-6-16(14)22/h1-4,6,10,17H,5,7-9H2,(H2,26,27,30). The number of hydrogen-bond donors (Lipinski definition) is 2. The number of carbonyl (C=O) groups excluding carboxylic acids is 1. The van der Waals surface area contributed by atoms with E-state index in [9.17, 15) is 26.7 Å². The van der Waals surface area contributed by atoms with Gasteiger partial charge in [0.15, 0.2) is 5.11 Å².